The van der Waals surface area contributed by atoms with E-state index in [1.165, 1.54) is 0 Å². The number of piperidine rings is 1. The minimum atomic E-state index is -0.0441. The Labute approximate surface area is 116 Å². The van der Waals surface area contributed by atoms with E-state index in [-0.39, 0.29) is 19.1 Å². The zero-order valence-corrected chi connectivity index (χ0v) is 12.2. The highest BCUT2D eigenvalue weighted by molar-refractivity contribution is 5.76. The Hall–Kier alpha value is -0.650. The van der Waals surface area contributed by atoms with E-state index in [2.05, 4.69) is 18.7 Å². The van der Waals surface area contributed by atoms with Crippen molar-refractivity contribution in [2.75, 3.05) is 39.4 Å². The van der Waals surface area contributed by atoms with E-state index < -0.39 is 0 Å². The molecule has 0 aromatic carbocycles. The van der Waals surface area contributed by atoms with Crippen molar-refractivity contribution in [2.45, 2.75) is 39.2 Å². The number of carbonyl (C=O) groups excluding carboxylic acids is 1. The van der Waals surface area contributed by atoms with Gasteiger partial charge in [-0.15, -0.1) is 0 Å². The van der Waals surface area contributed by atoms with Crippen molar-refractivity contribution in [2.24, 2.45) is 5.92 Å². The van der Waals surface area contributed by atoms with Crippen molar-refractivity contribution in [3.8, 4) is 0 Å². The lowest BCUT2D eigenvalue weighted by Gasteiger charge is -2.35. The SMILES string of the molecule is CC(C)N1CCC(CC(=O)N(CCO)CCO)CC1. The summed E-state index contributed by atoms with van der Waals surface area (Å²) in [6, 6.07) is 0.580. The lowest BCUT2D eigenvalue weighted by molar-refractivity contribution is -0.133. The smallest absolute Gasteiger partial charge is 0.223 e. The molecule has 0 atom stereocenters. The molecule has 112 valence electrons. The molecule has 1 aliphatic heterocycles. The summed E-state index contributed by atoms with van der Waals surface area (Å²) in [5, 5.41) is 17.9. The van der Waals surface area contributed by atoms with Crippen LogP contribution >= 0.6 is 0 Å². The first-order valence-corrected chi connectivity index (χ1v) is 7.32. The monoisotopic (exact) mass is 272 g/mol. The van der Waals surface area contributed by atoms with Crippen LogP contribution in [-0.4, -0.2) is 71.4 Å². The van der Waals surface area contributed by atoms with Gasteiger partial charge in [0.15, 0.2) is 0 Å². The highest BCUT2D eigenvalue weighted by Crippen LogP contribution is 2.22. The van der Waals surface area contributed by atoms with Crippen LogP contribution in [0.3, 0.4) is 0 Å². The van der Waals surface area contributed by atoms with Crippen LogP contribution in [0.4, 0.5) is 0 Å². The Morgan fingerprint density at radius 3 is 2.16 bits per heavy atom. The lowest BCUT2D eigenvalue weighted by atomic mass is 9.92. The summed E-state index contributed by atoms with van der Waals surface area (Å²) in [6.45, 7) is 7.10. The molecule has 0 bridgehead atoms. The van der Waals surface area contributed by atoms with Crippen LogP contribution in [0, 0.1) is 5.92 Å². The van der Waals surface area contributed by atoms with Crippen molar-refractivity contribution in [1.29, 1.82) is 0 Å². The average Bonchev–Trinajstić information content (AvgIpc) is 2.39. The summed E-state index contributed by atoms with van der Waals surface area (Å²) >= 11 is 0. The third-order valence-electron chi connectivity index (χ3n) is 3.94. The first-order chi connectivity index (χ1) is 9.08. The molecule has 1 heterocycles. The van der Waals surface area contributed by atoms with Gasteiger partial charge in [0.05, 0.1) is 13.2 Å². The number of aliphatic hydroxyl groups is 2. The van der Waals surface area contributed by atoms with Gasteiger partial charge >= 0.3 is 0 Å². The number of hydrogen-bond donors (Lipinski definition) is 2. The normalized spacial score (nSPS) is 17.9. The molecule has 0 aromatic heterocycles. The molecule has 1 saturated heterocycles. The van der Waals surface area contributed by atoms with Crippen LogP contribution in [0.15, 0.2) is 0 Å². The number of nitrogens with zero attached hydrogens (tertiary/aromatic N) is 2. The molecule has 0 spiro atoms. The molecule has 2 N–H and O–H groups in total. The first kappa shape index (κ1) is 16.4. The van der Waals surface area contributed by atoms with Gasteiger partial charge < -0.3 is 20.0 Å². The highest BCUT2D eigenvalue weighted by atomic mass is 16.3. The quantitative estimate of drug-likeness (QED) is 0.700. The second-order valence-electron chi connectivity index (χ2n) is 5.61. The van der Waals surface area contributed by atoms with Crippen molar-refractivity contribution < 1.29 is 15.0 Å². The van der Waals surface area contributed by atoms with Gasteiger partial charge in [-0.1, -0.05) is 0 Å². The molecule has 5 nitrogen and oxygen atoms in total. The standard InChI is InChI=1S/C14H28N2O3/c1-12(2)15-5-3-13(4-6-15)11-14(19)16(7-9-17)8-10-18/h12-13,17-18H,3-11H2,1-2H3. The zero-order chi connectivity index (χ0) is 14.3. The maximum absolute atomic E-state index is 12.1. The minimum absolute atomic E-state index is 0.0441. The van der Waals surface area contributed by atoms with Gasteiger partial charge in [0.2, 0.25) is 5.91 Å². The fourth-order valence-corrected chi connectivity index (χ4v) is 2.65. The third kappa shape index (κ3) is 5.47. The van der Waals surface area contributed by atoms with Crippen LogP contribution < -0.4 is 0 Å². The Kier molecular flexibility index (Phi) is 7.34. The molecule has 0 aliphatic carbocycles. The number of amides is 1. The number of aliphatic hydroxyl groups excluding tert-OH is 2. The highest BCUT2D eigenvalue weighted by Gasteiger charge is 2.24. The van der Waals surface area contributed by atoms with E-state index >= 15 is 0 Å². The van der Waals surface area contributed by atoms with Crippen molar-refractivity contribution in [1.82, 2.24) is 9.80 Å². The minimum Gasteiger partial charge on any atom is -0.395 e. The van der Waals surface area contributed by atoms with Crippen LogP contribution in [0.5, 0.6) is 0 Å². The number of likely N-dealkylation sites (tertiary alicyclic amines) is 1. The molecule has 0 aromatic rings. The van der Waals surface area contributed by atoms with Gasteiger partial charge in [0.1, 0.15) is 0 Å². The first-order valence-electron chi connectivity index (χ1n) is 7.32. The predicted octanol–water partition coefficient (Wildman–Crippen LogP) is 0.310. The Morgan fingerprint density at radius 1 is 1.21 bits per heavy atom. The molecule has 0 saturated carbocycles. The van der Waals surface area contributed by atoms with Crippen LogP contribution in [-0.2, 0) is 4.79 Å². The summed E-state index contributed by atoms with van der Waals surface area (Å²) < 4.78 is 0. The third-order valence-corrected chi connectivity index (χ3v) is 3.94. The summed E-state index contributed by atoms with van der Waals surface area (Å²) in [6.07, 6.45) is 2.68. The van der Waals surface area contributed by atoms with Gasteiger partial charge in [-0.25, -0.2) is 0 Å². The number of hydrogen-bond acceptors (Lipinski definition) is 4. The molecule has 0 radical (unpaired) electrons. The van der Waals surface area contributed by atoms with E-state index in [1.807, 2.05) is 0 Å². The van der Waals surface area contributed by atoms with E-state index in [4.69, 9.17) is 10.2 Å². The Morgan fingerprint density at radius 2 is 1.74 bits per heavy atom. The van der Waals surface area contributed by atoms with Gasteiger partial charge in [-0.2, -0.15) is 0 Å². The van der Waals surface area contributed by atoms with Gasteiger partial charge in [0, 0.05) is 25.6 Å². The fourth-order valence-electron chi connectivity index (χ4n) is 2.65. The van der Waals surface area contributed by atoms with Gasteiger partial charge in [-0.3, -0.25) is 4.79 Å². The van der Waals surface area contributed by atoms with Crippen LogP contribution in [0.25, 0.3) is 0 Å². The summed E-state index contributed by atoms with van der Waals surface area (Å²) in [5.74, 6) is 0.508. The summed E-state index contributed by atoms with van der Waals surface area (Å²) in [5.41, 5.74) is 0. The summed E-state index contributed by atoms with van der Waals surface area (Å²) in [4.78, 5) is 16.1. The largest absolute Gasteiger partial charge is 0.395 e. The maximum atomic E-state index is 12.1. The second kappa shape index (κ2) is 8.51. The Bertz CT molecular complexity index is 257. The van der Waals surface area contributed by atoms with Crippen molar-refractivity contribution in [3.63, 3.8) is 0 Å². The van der Waals surface area contributed by atoms with Crippen molar-refractivity contribution >= 4 is 5.91 Å². The molecule has 0 unspecified atom stereocenters. The number of carbonyl (C=O) groups is 1. The molecule has 5 heteroatoms. The van der Waals surface area contributed by atoms with E-state index in [0.717, 1.165) is 25.9 Å². The molecule has 19 heavy (non-hydrogen) atoms. The zero-order valence-electron chi connectivity index (χ0n) is 12.2. The lowest BCUT2D eigenvalue weighted by Crippen LogP contribution is -2.41. The summed E-state index contributed by atoms with van der Waals surface area (Å²) in [7, 11) is 0. The number of rotatable bonds is 7. The average molecular weight is 272 g/mol. The molecule has 1 fully saturated rings. The Balaban J connectivity index is 2.36. The molecule has 1 aliphatic rings. The maximum Gasteiger partial charge on any atom is 0.223 e. The van der Waals surface area contributed by atoms with E-state index in [1.54, 1.807) is 4.90 Å². The molecular weight excluding hydrogens is 244 g/mol. The fraction of sp³-hybridized carbons (Fsp3) is 0.929. The van der Waals surface area contributed by atoms with Gasteiger partial charge in [-0.05, 0) is 45.7 Å². The predicted molar refractivity (Wildman–Crippen MR) is 74.8 cm³/mol. The second-order valence-corrected chi connectivity index (χ2v) is 5.61. The van der Waals surface area contributed by atoms with Gasteiger partial charge in [0.25, 0.3) is 0 Å². The molecule has 1 rings (SSSR count). The molecular formula is C14H28N2O3. The van der Waals surface area contributed by atoms with E-state index in [9.17, 15) is 4.79 Å². The van der Waals surface area contributed by atoms with Crippen LogP contribution in [0.1, 0.15) is 33.1 Å². The van der Waals surface area contributed by atoms with Crippen molar-refractivity contribution in [3.05, 3.63) is 0 Å². The van der Waals surface area contributed by atoms with Crippen LogP contribution in [0.2, 0.25) is 0 Å². The topological polar surface area (TPSA) is 64.0 Å². The van der Waals surface area contributed by atoms with E-state index in [0.29, 0.717) is 31.5 Å². The molecule has 1 amide bonds.